The van der Waals surface area contributed by atoms with E-state index in [1.807, 2.05) is 38.1 Å². The molecule has 0 spiro atoms. The van der Waals surface area contributed by atoms with Crippen LogP contribution in [-0.2, 0) is 20.7 Å². The first-order chi connectivity index (χ1) is 9.46. The maximum atomic E-state index is 12.2. The standard InChI is InChI=1S/C16H22O4/c1-4-10-16(14(17)18,15(19)20-5-2)11-13-8-6-12(3)7-9-13/h6-9H,4-5,10-11H2,1-3H3,(H,17,18). The minimum Gasteiger partial charge on any atom is -0.480 e. The van der Waals surface area contributed by atoms with Gasteiger partial charge in [0.1, 0.15) is 0 Å². The molecule has 0 aliphatic carbocycles. The van der Waals surface area contributed by atoms with E-state index in [2.05, 4.69) is 0 Å². The molecule has 0 radical (unpaired) electrons. The second-order valence-electron chi connectivity index (χ2n) is 5.02. The Morgan fingerprint density at radius 1 is 1.20 bits per heavy atom. The van der Waals surface area contributed by atoms with Crippen molar-refractivity contribution >= 4 is 11.9 Å². The molecule has 0 bridgehead atoms. The molecule has 4 heteroatoms. The summed E-state index contributed by atoms with van der Waals surface area (Å²) in [5.74, 6) is -1.76. The summed E-state index contributed by atoms with van der Waals surface area (Å²) in [4.78, 5) is 23.9. The fourth-order valence-corrected chi connectivity index (χ4v) is 2.28. The number of carbonyl (C=O) groups excluding carboxylic acids is 1. The zero-order valence-electron chi connectivity index (χ0n) is 12.3. The van der Waals surface area contributed by atoms with Gasteiger partial charge in [0.05, 0.1) is 6.61 Å². The van der Waals surface area contributed by atoms with Crippen molar-refractivity contribution in [1.82, 2.24) is 0 Å². The van der Waals surface area contributed by atoms with Gasteiger partial charge in [0, 0.05) is 0 Å². The average Bonchev–Trinajstić information content (AvgIpc) is 2.40. The SMILES string of the molecule is CCCC(Cc1ccc(C)cc1)(C(=O)O)C(=O)OCC. The van der Waals surface area contributed by atoms with E-state index in [4.69, 9.17) is 4.74 Å². The Hall–Kier alpha value is -1.84. The molecule has 0 heterocycles. The van der Waals surface area contributed by atoms with E-state index in [0.717, 1.165) is 11.1 Å². The normalized spacial score (nSPS) is 13.6. The lowest BCUT2D eigenvalue weighted by Gasteiger charge is -2.27. The van der Waals surface area contributed by atoms with Crippen LogP contribution in [0.5, 0.6) is 0 Å². The molecule has 1 unspecified atom stereocenters. The monoisotopic (exact) mass is 278 g/mol. The zero-order chi connectivity index (χ0) is 15.2. The highest BCUT2D eigenvalue weighted by Crippen LogP contribution is 2.31. The number of aliphatic carboxylic acids is 1. The minimum atomic E-state index is -1.49. The summed E-state index contributed by atoms with van der Waals surface area (Å²) in [5.41, 5.74) is 0.445. The summed E-state index contributed by atoms with van der Waals surface area (Å²) in [6, 6.07) is 7.56. The molecule has 1 atom stereocenters. The number of rotatable bonds is 7. The van der Waals surface area contributed by atoms with Crippen molar-refractivity contribution in [2.75, 3.05) is 6.61 Å². The third kappa shape index (κ3) is 3.59. The Bertz CT molecular complexity index is 464. The third-order valence-electron chi connectivity index (χ3n) is 3.38. The number of hydrogen-bond donors (Lipinski definition) is 1. The van der Waals surface area contributed by atoms with Crippen LogP contribution in [0.25, 0.3) is 0 Å². The maximum absolute atomic E-state index is 12.2. The van der Waals surface area contributed by atoms with Crippen LogP contribution >= 0.6 is 0 Å². The first-order valence-electron chi connectivity index (χ1n) is 6.92. The van der Waals surface area contributed by atoms with E-state index in [1.54, 1.807) is 6.92 Å². The summed E-state index contributed by atoms with van der Waals surface area (Å²) in [7, 11) is 0. The molecule has 1 aromatic carbocycles. The molecule has 0 aliphatic rings. The van der Waals surface area contributed by atoms with Crippen LogP contribution in [0.15, 0.2) is 24.3 Å². The summed E-state index contributed by atoms with van der Waals surface area (Å²) >= 11 is 0. The number of ether oxygens (including phenoxy) is 1. The topological polar surface area (TPSA) is 63.6 Å². The van der Waals surface area contributed by atoms with Gasteiger partial charge in [0.2, 0.25) is 0 Å². The molecule has 0 fully saturated rings. The molecule has 20 heavy (non-hydrogen) atoms. The fourth-order valence-electron chi connectivity index (χ4n) is 2.28. The van der Waals surface area contributed by atoms with E-state index < -0.39 is 17.4 Å². The van der Waals surface area contributed by atoms with Gasteiger partial charge in [-0.25, -0.2) is 0 Å². The number of hydrogen-bond acceptors (Lipinski definition) is 3. The second kappa shape index (κ2) is 7.08. The van der Waals surface area contributed by atoms with Crippen LogP contribution in [0.2, 0.25) is 0 Å². The first-order valence-corrected chi connectivity index (χ1v) is 6.92. The smallest absolute Gasteiger partial charge is 0.323 e. The van der Waals surface area contributed by atoms with Crippen molar-refractivity contribution in [2.24, 2.45) is 5.41 Å². The molecule has 110 valence electrons. The zero-order valence-corrected chi connectivity index (χ0v) is 12.3. The van der Waals surface area contributed by atoms with Gasteiger partial charge < -0.3 is 9.84 Å². The van der Waals surface area contributed by atoms with Crippen molar-refractivity contribution in [3.63, 3.8) is 0 Å². The second-order valence-corrected chi connectivity index (χ2v) is 5.02. The maximum Gasteiger partial charge on any atom is 0.323 e. The molecule has 0 aliphatic heterocycles. The lowest BCUT2D eigenvalue weighted by molar-refractivity contribution is -0.169. The number of carboxylic acid groups (broad SMARTS) is 1. The largest absolute Gasteiger partial charge is 0.480 e. The molecular weight excluding hydrogens is 256 g/mol. The number of carboxylic acids is 1. The molecule has 1 aromatic rings. The van der Waals surface area contributed by atoms with Crippen molar-refractivity contribution < 1.29 is 19.4 Å². The predicted octanol–water partition coefficient (Wildman–Crippen LogP) is 2.97. The molecule has 0 aromatic heterocycles. The van der Waals surface area contributed by atoms with Crippen LogP contribution in [0.4, 0.5) is 0 Å². The molecule has 0 saturated heterocycles. The molecule has 0 amide bonds. The Labute approximate surface area is 119 Å². The van der Waals surface area contributed by atoms with Crippen molar-refractivity contribution in [3.8, 4) is 0 Å². The van der Waals surface area contributed by atoms with Gasteiger partial charge in [-0.1, -0.05) is 43.2 Å². The van der Waals surface area contributed by atoms with Crippen molar-refractivity contribution in [2.45, 2.75) is 40.0 Å². The molecule has 1 N–H and O–H groups in total. The highest BCUT2D eigenvalue weighted by molar-refractivity contribution is 5.99. The molecule has 0 saturated carbocycles. The van der Waals surface area contributed by atoms with Gasteiger partial charge in [0.25, 0.3) is 0 Å². The Morgan fingerprint density at radius 2 is 1.80 bits per heavy atom. The van der Waals surface area contributed by atoms with Gasteiger partial charge in [-0.15, -0.1) is 0 Å². The van der Waals surface area contributed by atoms with Crippen molar-refractivity contribution in [1.29, 1.82) is 0 Å². The third-order valence-corrected chi connectivity index (χ3v) is 3.38. The predicted molar refractivity (Wildman–Crippen MR) is 76.5 cm³/mol. The fraction of sp³-hybridized carbons (Fsp3) is 0.500. The van der Waals surface area contributed by atoms with Crippen LogP contribution in [-0.4, -0.2) is 23.7 Å². The van der Waals surface area contributed by atoms with Gasteiger partial charge in [-0.2, -0.15) is 0 Å². The number of esters is 1. The van der Waals surface area contributed by atoms with Gasteiger partial charge in [0.15, 0.2) is 5.41 Å². The summed E-state index contributed by atoms with van der Waals surface area (Å²) in [6.07, 6.45) is 1.04. The first kappa shape index (κ1) is 16.2. The molecular formula is C16H22O4. The quantitative estimate of drug-likeness (QED) is 0.615. The van der Waals surface area contributed by atoms with Crippen LogP contribution < -0.4 is 0 Å². The summed E-state index contributed by atoms with van der Waals surface area (Å²) < 4.78 is 5.00. The van der Waals surface area contributed by atoms with Crippen LogP contribution in [0.1, 0.15) is 37.8 Å². The van der Waals surface area contributed by atoms with Gasteiger partial charge >= 0.3 is 11.9 Å². The summed E-state index contributed by atoms with van der Waals surface area (Å²) in [5, 5.41) is 9.57. The Balaban J connectivity index is 3.11. The Morgan fingerprint density at radius 3 is 2.25 bits per heavy atom. The Kier molecular flexibility index (Phi) is 5.74. The average molecular weight is 278 g/mol. The van der Waals surface area contributed by atoms with E-state index >= 15 is 0 Å². The highest BCUT2D eigenvalue weighted by Gasteiger charge is 2.46. The number of aryl methyl sites for hydroxylation is 1. The minimum absolute atomic E-state index is 0.162. The van der Waals surface area contributed by atoms with Crippen molar-refractivity contribution in [3.05, 3.63) is 35.4 Å². The van der Waals surface area contributed by atoms with E-state index in [0.29, 0.717) is 6.42 Å². The summed E-state index contributed by atoms with van der Waals surface area (Å²) in [6.45, 7) is 5.70. The van der Waals surface area contributed by atoms with E-state index in [1.165, 1.54) is 0 Å². The molecule has 4 nitrogen and oxygen atoms in total. The molecule has 1 rings (SSSR count). The van der Waals surface area contributed by atoms with Crippen LogP contribution in [0.3, 0.4) is 0 Å². The van der Waals surface area contributed by atoms with E-state index in [-0.39, 0.29) is 19.4 Å². The number of carbonyl (C=O) groups is 2. The lowest BCUT2D eigenvalue weighted by atomic mass is 9.77. The lowest BCUT2D eigenvalue weighted by Crippen LogP contribution is -2.42. The van der Waals surface area contributed by atoms with Crippen LogP contribution in [0, 0.1) is 12.3 Å². The highest BCUT2D eigenvalue weighted by atomic mass is 16.5. The van der Waals surface area contributed by atoms with E-state index in [9.17, 15) is 14.7 Å². The van der Waals surface area contributed by atoms with Gasteiger partial charge in [-0.05, 0) is 32.3 Å². The van der Waals surface area contributed by atoms with Gasteiger partial charge in [-0.3, -0.25) is 9.59 Å². The number of benzene rings is 1.